The van der Waals surface area contributed by atoms with Crippen molar-refractivity contribution in [3.8, 4) is 0 Å². The van der Waals surface area contributed by atoms with E-state index in [0.29, 0.717) is 25.4 Å². The Labute approximate surface area is 134 Å². The highest BCUT2D eigenvalue weighted by Gasteiger charge is 2.28. The topological polar surface area (TPSA) is 75.4 Å². The number of carbonyl (C=O) groups is 2. The minimum Gasteiger partial charge on any atom is -0.353 e. The molecule has 0 spiro atoms. The molecule has 0 bridgehead atoms. The highest BCUT2D eigenvalue weighted by atomic mass is 35.5. The maximum absolute atomic E-state index is 12.1. The third-order valence-corrected chi connectivity index (χ3v) is 4.08. The zero-order chi connectivity index (χ0) is 15.3. The summed E-state index contributed by atoms with van der Waals surface area (Å²) in [6.45, 7) is 9.40. The van der Waals surface area contributed by atoms with Gasteiger partial charge in [0, 0.05) is 37.5 Å². The summed E-state index contributed by atoms with van der Waals surface area (Å²) >= 11 is 0. The maximum atomic E-state index is 12.1. The lowest BCUT2D eigenvalue weighted by Crippen LogP contribution is -2.46. The van der Waals surface area contributed by atoms with E-state index in [1.807, 2.05) is 18.7 Å². The lowest BCUT2D eigenvalue weighted by Gasteiger charge is -2.32. The van der Waals surface area contributed by atoms with Crippen LogP contribution in [0, 0.1) is 11.8 Å². The Morgan fingerprint density at radius 3 is 2.14 bits per heavy atom. The van der Waals surface area contributed by atoms with Gasteiger partial charge >= 0.3 is 0 Å². The summed E-state index contributed by atoms with van der Waals surface area (Å²) in [7, 11) is 0. The zero-order valence-corrected chi connectivity index (χ0v) is 14.4. The average molecular weight is 320 g/mol. The number of amides is 2. The first-order valence-corrected chi connectivity index (χ1v) is 7.65. The summed E-state index contributed by atoms with van der Waals surface area (Å²) in [6, 6.07) is 0.0932. The summed E-state index contributed by atoms with van der Waals surface area (Å²) in [4.78, 5) is 25.9. The summed E-state index contributed by atoms with van der Waals surface area (Å²) < 4.78 is 0. The maximum Gasteiger partial charge on any atom is 0.224 e. The molecule has 1 saturated heterocycles. The summed E-state index contributed by atoms with van der Waals surface area (Å²) in [5, 5.41) is 3.06. The smallest absolute Gasteiger partial charge is 0.224 e. The fourth-order valence-electron chi connectivity index (χ4n) is 2.30. The van der Waals surface area contributed by atoms with Gasteiger partial charge < -0.3 is 16.0 Å². The van der Waals surface area contributed by atoms with Crippen molar-refractivity contribution in [3.63, 3.8) is 0 Å². The van der Waals surface area contributed by atoms with Crippen molar-refractivity contribution in [1.82, 2.24) is 10.2 Å². The van der Waals surface area contributed by atoms with Crippen LogP contribution in [0.2, 0.25) is 0 Å². The lowest BCUT2D eigenvalue weighted by molar-refractivity contribution is -0.136. The molecule has 1 aliphatic rings. The lowest BCUT2D eigenvalue weighted by atomic mass is 9.94. The predicted molar refractivity (Wildman–Crippen MR) is 87.3 cm³/mol. The third-order valence-electron chi connectivity index (χ3n) is 4.08. The van der Waals surface area contributed by atoms with Crippen LogP contribution in [-0.4, -0.2) is 41.9 Å². The number of likely N-dealkylation sites (tertiary alicyclic amines) is 1. The Morgan fingerprint density at radius 2 is 1.71 bits per heavy atom. The van der Waals surface area contributed by atoms with Crippen LogP contribution in [0.1, 0.15) is 47.0 Å². The molecule has 2 unspecified atom stereocenters. The number of hydrogen-bond donors (Lipinski definition) is 2. The van der Waals surface area contributed by atoms with Crippen molar-refractivity contribution in [3.05, 3.63) is 0 Å². The Morgan fingerprint density at radius 1 is 1.19 bits per heavy atom. The van der Waals surface area contributed by atoms with E-state index in [4.69, 9.17) is 5.73 Å². The van der Waals surface area contributed by atoms with Gasteiger partial charge in [-0.3, -0.25) is 9.59 Å². The molecule has 0 aliphatic carbocycles. The molecule has 5 nitrogen and oxygen atoms in total. The van der Waals surface area contributed by atoms with E-state index in [-0.39, 0.29) is 42.2 Å². The molecule has 0 saturated carbocycles. The molecule has 1 heterocycles. The molecule has 2 atom stereocenters. The van der Waals surface area contributed by atoms with Crippen molar-refractivity contribution in [2.45, 2.75) is 59.0 Å². The zero-order valence-electron chi connectivity index (χ0n) is 13.6. The second kappa shape index (κ2) is 9.26. The SMILES string of the molecule is CC(N)CC(=O)N1CCC(C(=O)NC(C)C(C)C)CC1.Cl. The second-order valence-corrected chi connectivity index (χ2v) is 6.38. The number of nitrogens with one attached hydrogen (secondary N) is 1. The first kappa shape index (κ1) is 20.2. The fourth-order valence-corrected chi connectivity index (χ4v) is 2.30. The first-order chi connectivity index (χ1) is 9.31. The molecule has 0 aromatic heterocycles. The highest BCUT2D eigenvalue weighted by molar-refractivity contribution is 5.85. The van der Waals surface area contributed by atoms with Crippen molar-refractivity contribution >= 4 is 24.2 Å². The molecular weight excluding hydrogens is 290 g/mol. The van der Waals surface area contributed by atoms with E-state index in [1.165, 1.54) is 0 Å². The van der Waals surface area contributed by atoms with E-state index in [1.54, 1.807) is 0 Å². The Bertz CT molecular complexity index is 340. The standard InChI is InChI=1S/C15H29N3O2.ClH/c1-10(2)12(4)17-15(20)13-5-7-18(8-6-13)14(19)9-11(3)16;/h10-13H,5-9,16H2,1-4H3,(H,17,20);1H. The second-order valence-electron chi connectivity index (χ2n) is 6.38. The third kappa shape index (κ3) is 6.66. The van der Waals surface area contributed by atoms with E-state index in [2.05, 4.69) is 19.2 Å². The van der Waals surface area contributed by atoms with Crippen molar-refractivity contribution in [1.29, 1.82) is 0 Å². The quantitative estimate of drug-likeness (QED) is 0.807. The molecule has 1 rings (SSSR count). The number of piperidine rings is 1. The molecule has 0 aromatic rings. The number of carbonyl (C=O) groups excluding carboxylic acids is 2. The van der Waals surface area contributed by atoms with Gasteiger partial charge in [-0.15, -0.1) is 12.4 Å². The van der Waals surface area contributed by atoms with Crippen molar-refractivity contribution in [2.24, 2.45) is 17.6 Å². The molecule has 124 valence electrons. The minimum atomic E-state index is -0.101. The predicted octanol–water partition coefficient (Wildman–Crippen LogP) is 1.54. The Balaban J connectivity index is 0.00000400. The van der Waals surface area contributed by atoms with Crippen LogP contribution in [0.15, 0.2) is 0 Å². The van der Waals surface area contributed by atoms with Gasteiger partial charge in [-0.25, -0.2) is 0 Å². The molecular formula is C15H30ClN3O2. The number of halogens is 1. The normalized spacial score (nSPS) is 18.9. The summed E-state index contributed by atoms with van der Waals surface area (Å²) in [5.41, 5.74) is 5.65. The molecule has 6 heteroatoms. The number of nitrogens with two attached hydrogens (primary N) is 1. The van der Waals surface area contributed by atoms with Crippen molar-refractivity contribution in [2.75, 3.05) is 13.1 Å². The van der Waals surface area contributed by atoms with E-state index >= 15 is 0 Å². The molecule has 0 aromatic carbocycles. The van der Waals surface area contributed by atoms with Gasteiger partial charge in [-0.05, 0) is 32.6 Å². The van der Waals surface area contributed by atoms with Crippen LogP contribution in [-0.2, 0) is 9.59 Å². The molecule has 2 amide bonds. The average Bonchev–Trinajstić information content (AvgIpc) is 2.37. The van der Waals surface area contributed by atoms with E-state index in [0.717, 1.165) is 12.8 Å². The van der Waals surface area contributed by atoms with E-state index < -0.39 is 0 Å². The van der Waals surface area contributed by atoms with Gasteiger partial charge in [-0.2, -0.15) is 0 Å². The van der Waals surface area contributed by atoms with Crippen LogP contribution < -0.4 is 11.1 Å². The van der Waals surface area contributed by atoms with Crippen LogP contribution >= 0.6 is 12.4 Å². The Hall–Kier alpha value is -0.810. The van der Waals surface area contributed by atoms with Crippen LogP contribution in [0.5, 0.6) is 0 Å². The van der Waals surface area contributed by atoms with Gasteiger partial charge in [0.15, 0.2) is 0 Å². The first-order valence-electron chi connectivity index (χ1n) is 7.65. The van der Waals surface area contributed by atoms with Gasteiger partial charge in [-0.1, -0.05) is 13.8 Å². The number of nitrogens with zero attached hydrogens (tertiary/aromatic N) is 1. The fraction of sp³-hybridized carbons (Fsp3) is 0.867. The number of hydrogen-bond acceptors (Lipinski definition) is 3. The monoisotopic (exact) mass is 319 g/mol. The largest absolute Gasteiger partial charge is 0.353 e. The van der Waals surface area contributed by atoms with Crippen LogP contribution in [0.4, 0.5) is 0 Å². The highest BCUT2D eigenvalue weighted by Crippen LogP contribution is 2.19. The number of rotatable bonds is 5. The Kier molecular flexibility index (Phi) is 8.90. The van der Waals surface area contributed by atoms with E-state index in [9.17, 15) is 9.59 Å². The van der Waals surface area contributed by atoms with Gasteiger partial charge in [0.25, 0.3) is 0 Å². The summed E-state index contributed by atoms with van der Waals surface area (Å²) in [6.07, 6.45) is 1.89. The van der Waals surface area contributed by atoms with Crippen LogP contribution in [0.25, 0.3) is 0 Å². The molecule has 3 N–H and O–H groups in total. The van der Waals surface area contributed by atoms with Gasteiger partial charge in [0.1, 0.15) is 0 Å². The van der Waals surface area contributed by atoms with Crippen molar-refractivity contribution < 1.29 is 9.59 Å². The molecule has 1 fully saturated rings. The molecule has 21 heavy (non-hydrogen) atoms. The minimum absolute atomic E-state index is 0. The van der Waals surface area contributed by atoms with Gasteiger partial charge in [0.2, 0.25) is 11.8 Å². The molecule has 1 aliphatic heterocycles. The van der Waals surface area contributed by atoms with Gasteiger partial charge in [0.05, 0.1) is 0 Å². The summed E-state index contributed by atoms with van der Waals surface area (Å²) in [5.74, 6) is 0.710. The molecule has 0 radical (unpaired) electrons. The van der Waals surface area contributed by atoms with Crippen LogP contribution in [0.3, 0.4) is 0 Å².